The van der Waals surface area contributed by atoms with Crippen molar-refractivity contribution in [2.45, 2.75) is 43.4 Å². The summed E-state index contributed by atoms with van der Waals surface area (Å²) in [5, 5.41) is 4.31. The molecule has 0 spiro atoms. The summed E-state index contributed by atoms with van der Waals surface area (Å²) in [7, 11) is 0. The standard InChI is InChI=1S/C13H19NS/c1-4-14-12-8-10(3)15-13-9(2)6-5-7-11(12)13/h5-7,10,12,14H,4,8H2,1-3H3. The van der Waals surface area contributed by atoms with Gasteiger partial charge in [-0.2, -0.15) is 0 Å². The minimum Gasteiger partial charge on any atom is -0.310 e. The number of nitrogens with one attached hydrogen (secondary N) is 1. The molecule has 0 bridgehead atoms. The van der Waals surface area contributed by atoms with E-state index in [4.69, 9.17) is 0 Å². The van der Waals surface area contributed by atoms with E-state index in [1.54, 1.807) is 0 Å². The lowest BCUT2D eigenvalue weighted by atomic mass is 9.99. The largest absolute Gasteiger partial charge is 0.310 e. The minimum absolute atomic E-state index is 0.557. The van der Waals surface area contributed by atoms with Crippen LogP contribution < -0.4 is 5.32 Å². The van der Waals surface area contributed by atoms with Crippen molar-refractivity contribution in [3.05, 3.63) is 29.3 Å². The fourth-order valence-corrected chi connectivity index (χ4v) is 3.55. The second-order valence-electron chi connectivity index (χ2n) is 4.27. The first kappa shape index (κ1) is 11.0. The van der Waals surface area contributed by atoms with E-state index < -0.39 is 0 Å². The van der Waals surface area contributed by atoms with Gasteiger partial charge < -0.3 is 5.32 Å². The number of hydrogen-bond donors (Lipinski definition) is 1. The van der Waals surface area contributed by atoms with E-state index in [1.807, 2.05) is 11.8 Å². The van der Waals surface area contributed by atoms with Crippen LogP contribution in [-0.4, -0.2) is 11.8 Å². The average molecular weight is 221 g/mol. The molecular formula is C13H19NS. The first-order valence-electron chi connectivity index (χ1n) is 5.72. The van der Waals surface area contributed by atoms with Crippen LogP contribution >= 0.6 is 11.8 Å². The Balaban J connectivity index is 2.37. The quantitative estimate of drug-likeness (QED) is 0.820. The Labute approximate surface area is 96.7 Å². The molecule has 0 aliphatic carbocycles. The van der Waals surface area contributed by atoms with Crippen LogP contribution in [0.1, 0.15) is 37.4 Å². The second-order valence-corrected chi connectivity index (χ2v) is 5.72. The van der Waals surface area contributed by atoms with Gasteiger partial charge in [-0.05, 0) is 31.0 Å². The highest BCUT2D eigenvalue weighted by molar-refractivity contribution is 8.00. The first-order valence-corrected chi connectivity index (χ1v) is 6.60. The lowest BCUT2D eigenvalue weighted by Gasteiger charge is -2.30. The van der Waals surface area contributed by atoms with Crippen molar-refractivity contribution in [2.24, 2.45) is 0 Å². The predicted molar refractivity (Wildman–Crippen MR) is 67.5 cm³/mol. The van der Waals surface area contributed by atoms with Crippen LogP contribution in [0, 0.1) is 6.92 Å². The molecule has 0 aromatic heterocycles. The van der Waals surface area contributed by atoms with Crippen molar-refractivity contribution in [3.63, 3.8) is 0 Å². The van der Waals surface area contributed by atoms with Gasteiger partial charge in [0, 0.05) is 16.2 Å². The van der Waals surface area contributed by atoms with Crippen LogP contribution in [0.25, 0.3) is 0 Å². The maximum atomic E-state index is 3.58. The highest BCUT2D eigenvalue weighted by Gasteiger charge is 2.25. The van der Waals surface area contributed by atoms with E-state index >= 15 is 0 Å². The van der Waals surface area contributed by atoms with Crippen LogP contribution in [0.2, 0.25) is 0 Å². The second kappa shape index (κ2) is 4.58. The van der Waals surface area contributed by atoms with Crippen LogP contribution in [0.5, 0.6) is 0 Å². The van der Waals surface area contributed by atoms with Crippen molar-refractivity contribution in [2.75, 3.05) is 6.54 Å². The number of fused-ring (bicyclic) bond motifs is 1. The maximum Gasteiger partial charge on any atom is 0.0341 e. The molecule has 1 heterocycles. The Morgan fingerprint density at radius 1 is 1.47 bits per heavy atom. The highest BCUT2D eigenvalue weighted by atomic mass is 32.2. The Morgan fingerprint density at radius 3 is 3.00 bits per heavy atom. The van der Waals surface area contributed by atoms with Gasteiger partial charge in [-0.15, -0.1) is 11.8 Å². The van der Waals surface area contributed by atoms with E-state index in [9.17, 15) is 0 Å². The van der Waals surface area contributed by atoms with Crippen LogP contribution in [-0.2, 0) is 0 Å². The summed E-state index contributed by atoms with van der Waals surface area (Å²) < 4.78 is 0. The Bertz CT molecular complexity index is 348. The molecule has 0 fully saturated rings. The van der Waals surface area contributed by atoms with Gasteiger partial charge in [0.25, 0.3) is 0 Å². The molecule has 1 aromatic carbocycles. The molecule has 2 rings (SSSR count). The number of rotatable bonds is 2. The Hall–Kier alpha value is -0.470. The molecule has 0 amide bonds. The molecule has 15 heavy (non-hydrogen) atoms. The summed E-state index contributed by atoms with van der Waals surface area (Å²) in [5.74, 6) is 0. The third-order valence-electron chi connectivity index (χ3n) is 2.95. The number of benzene rings is 1. The fourth-order valence-electron chi connectivity index (χ4n) is 2.26. The van der Waals surface area contributed by atoms with Crippen LogP contribution in [0.3, 0.4) is 0 Å². The lowest BCUT2D eigenvalue weighted by Crippen LogP contribution is -2.27. The van der Waals surface area contributed by atoms with Crippen molar-refractivity contribution < 1.29 is 0 Å². The van der Waals surface area contributed by atoms with Gasteiger partial charge in [0.2, 0.25) is 0 Å². The molecule has 2 atom stereocenters. The van der Waals surface area contributed by atoms with E-state index in [0.29, 0.717) is 6.04 Å². The van der Waals surface area contributed by atoms with Gasteiger partial charge in [-0.3, -0.25) is 0 Å². The van der Waals surface area contributed by atoms with E-state index in [-0.39, 0.29) is 0 Å². The molecule has 1 aliphatic heterocycles. The molecule has 1 nitrogen and oxygen atoms in total. The summed E-state index contributed by atoms with van der Waals surface area (Å²) >= 11 is 2.03. The maximum absolute atomic E-state index is 3.58. The summed E-state index contributed by atoms with van der Waals surface area (Å²) in [5.41, 5.74) is 2.92. The normalized spacial score (nSPS) is 25.0. The van der Waals surface area contributed by atoms with Gasteiger partial charge in [0.1, 0.15) is 0 Å². The zero-order valence-corrected chi connectivity index (χ0v) is 10.5. The van der Waals surface area contributed by atoms with E-state index in [0.717, 1.165) is 11.8 Å². The number of thioether (sulfide) groups is 1. The molecule has 2 heteroatoms. The van der Waals surface area contributed by atoms with Crippen LogP contribution in [0.15, 0.2) is 23.1 Å². The van der Waals surface area contributed by atoms with Gasteiger partial charge in [0.15, 0.2) is 0 Å². The SMILES string of the molecule is CCNC1CC(C)Sc2c(C)cccc21. The smallest absolute Gasteiger partial charge is 0.0341 e. The van der Waals surface area contributed by atoms with Crippen molar-refractivity contribution in [1.29, 1.82) is 0 Å². The topological polar surface area (TPSA) is 12.0 Å². The lowest BCUT2D eigenvalue weighted by molar-refractivity contribution is 0.499. The zero-order valence-electron chi connectivity index (χ0n) is 9.71. The molecule has 1 N–H and O–H groups in total. The molecular weight excluding hydrogens is 202 g/mol. The van der Waals surface area contributed by atoms with Gasteiger partial charge in [-0.25, -0.2) is 0 Å². The summed E-state index contributed by atoms with van der Waals surface area (Å²) in [6.45, 7) is 7.77. The first-order chi connectivity index (χ1) is 7.22. The number of hydrogen-bond acceptors (Lipinski definition) is 2. The fraction of sp³-hybridized carbons (Fsp3) is 0.538. The van der Waals surface area contributed by atoms with Gasteiger partial charge >= 0.3 is 0 Å². The summed E-state index contributed by atoms with van der Waals surface area (Å²) in [6.07, 6.45) is 1.25. The highest BCUT2D eigenvalue weighted by Crippen LogP contribution is 2.42. The van der Waals surface area contributed by atoms with Crippen LogP contribution in [0.4, 0.5) is 0 Å². The monoisotopic (exact) mass is 221 g/mol. The van der Waals surface area contributed by atoms with Gasteiger partial charge in [0.05, 0.1) is 0 Å². The molecule has 82 valence electrons. The van der Waals surface area contributed by atoms with Crippen molar-refractivity contribution >= 4 is 11.8 Å². The molecule has 2 unspecified atom stereocenters. The summed E-state index contributed by atoms with van der Waals surface area (Å²) in [6, 6.07) is 7.22. The average Bonchev–Trinajstić information content (AvgIpc) is 2.20. The van der Waals surface area contributed by atoms with E-state index in [1.165, 1.54) is 22.4 Å². The molecule has 1 aliphatic rings. The van der Waals surface area contributed by atoms with Gasteiger partial charge in [-0.1, -0.05) is 32.0 Å². The molecule has 0 saturated heterocycles. The zero-order chi connectivity index (χ0) is 10.8. The molecule has 0 radical (unpaired) electrons. The predicted octanol–water partition coefficient (Wildman–Crippen LogP) is 3.53. The van der Waals surface area contributed by atoms with E-state index in [2.05, 4.69) is 44.3 Å². The Morgan fingerprint density at radius 2 is 2.27 bits per heavy atom. The van der Waals surface area contributed by atoms with Crippen molar-refractivity contribution in [3.8, 4) is 0 Å². The third kappa shape index (κ3) is 2.21. The molecule has 0 saturated carbocycles. The summed E-state index contributed by atoms with van der Waals surface area (Å²) in [4.78, 5) is 1.50. The minimum atomic E-state index is 0.557. The van der Waals surface area contributed by atoms with Crippen molar-refractivity contribution in [1.82, 2.24) is 5.32 Å². The Kier molecular flexibility index (Phi) is 3.37. The third-order valence-corrected chi connectivity index (χ3v) is 4.34. The molecule has 1 aromatic rings. The number of aryl methyl sites for hydroxylation is 1.